The van der Waals surface area contributed by atoms with Gasteiger partial charge in [-0.3, -0.25) is 0 Å². The fourth-order valence-corrected chi connectivity index (χ4v) is 2.28. The highest BCUT2D eigenvalue weighted by Gasteiger charge is 2.20. The van der Waals surface area contributed by atoms with Crippen LogP contribution in [-0.2, 0) is 4.74 Å². The van der Waals surface area contributed by atoms with Crippen molar-refractivity contribution < 1.29 is 14.6 Å². The molecule has 0 saturated carbocycles. The number of benzene rings is 1. The Balaban J connectivity index is 2.60. The average Bonchev–Trinajstić information content (AvgIpc) is 2.39. The second-order valence-corrected chi connectivity index (χ2v) is 6.01. The predicted molar refractivity (Wildman–Crippen MR) is 83.5 cm³/mol. The van der Waals surface area contributed by atoms with Gasteiger partial charge in [-0.2, -0.15) is 0 Å². The zero-order valence-corrected chi connectivity index (χ0v) is 13.6. The van der Waals surface area contributed by atoms with Crippen molar-refractivity contribution in [3.8, 4) is 0 Å². The maximum absolute atomic E-state index is 12.0. The summed E-state index contributed by atoms with van der Waals surface area (Å²) in [5.41, 5.74) is -0.109. The highest BCUT2D eigenvalue weighted by atomic mass is 35.5. The standard InChI is InChI=1S/C15H23ClN2O3/c1-15(2,20)10-18(3)14(19)17-9-13(21-4)11-7-5-6-8-12(11)16/h5-8,13,20H,9-10H2,1-4H3,(H,17,19). The summed E-state index contributed by atoms with van der Waals surface area (Å²) in [4.78, 5) is 13.4. The SMILES string of the molecule is COC(CNC(=O)N(C)CC(C)(C)O)c1ccccc1Cl. The monoisotopic (exact) mass is 314 g/mol. The van der Waals surface area contributed by atoms with E-state index in [1.165, 1.54) is 4.90 Å². The minimum atomic E-state index is -0.935. The fourth-order valence-electron chi connectivity index (χ4n) is 2.02. The number of halogens is 1. The van der Waals surface area contributed by atoms with Gasteiger partial charge in [-0.1, -0.05) is 29.8 Å². The van der Waals surface area contributed by atoms with Crippen LogP contribution in [0.25, 0.3) is 0 Å². The number of methoxy groups -OCH3 is 1. The summed E-state index contributed by atoms with van der Waals surface area (Å²) in [5, 5.41) is 13.1. The van der Waals surface area contributed by atoms with Gasteiger partial charge in [0.2, 0.25) is 0 Å². The van der Waals surface area contributed by atoms with E-state index in [-0.39, 0.29) is 18.7 Å². The number of ether oxygens (including phenoxy) is 1. The number of nitrogens with one attached hydrogen (secondary N) is 1. The summed E-state index contributed by atoms with van der Waals surface area (Å²) in [5.74, 6) is 0. The summed E-state index contributed by atoms with van der Waals surface area (Å²) < 4.78 is 5.38. The third kappa shape index (κ3) is 5.91. The second-order valence-electron chi connectivity index (χ2n) is 5.60. The fraction of sp³-hybridized carbons (Fsp3) is 0.533. The van der Waals surface area contributed by atoms with Gasteiger partial charge in [-0.05, 0) is 19.9 Å². The lowest BCUT2D eigenvalue weighted by Crippen LogP contribution is -2.45. The highest BCUT2D eigenvalue weighted by molar-refractivity contribution is 6.31. The number of carbonyl (C=O) groups is 1. The van der Waals surface area contributed by atoms with E-state index in [1.54, 1.807) is 34.1 Å². The van der Waals surface area contributed by atoms with Gasteiger partial charge in [-0.15, -0.1) is 0 Å². The Hall–Kier alpha value is -1.30. The molecule has 0 bridgehead atoms. The van der Waals surface area contributed by atoms with Crippen LogP contribution in [0.1, 0.15) is 25.5 Å². The van der Waals surface area contributed by atoms with Crippen LogP contribution >= 0.6 is 11.6 Å². The number of carbonyl (C=O) groups excluding carboxylic acids is 1. The molecule has 118 valence electrons. The summed E-state index contributed by atoms with van der Waals surface area (Å²) >= 11 is 6.13. The molecule has 0 fully saturated rings. The molecule has 5 nitrogen and oxygen atoms in total. The Kier molecular flexibility index (Phi) is 6.45. The third-order valence-electron chi connectivity index (χ3n) is 2.95. The number of likely N-dealkylation sites (N-methyl/N-ethyl adjacent to an activating group) is 1. The van der Waals surface area contributed by atoms with Crippen LogP contribution in [0, 0.1) is 0 Å². The molecule has 2 N–H and O–H groups in total. The van der Waals surface area contributed by atoms with Gasteiger partial charge in [0, 0.05) is 31.3 Å². The predicted octanol–water partition coefficient (Wildman–Crippen LogP) is 2.44. The molecule has 0 aliphatic carbocycles. The largest absolute Gasteiger partial charge is 0.389 e. The number of aliphatic hydroxyl groups is 1. The van der Waals surface area contributed by atoms with Crippen molar-refractivity contribution in [2.75, 3.05) is 27.2 Å². The zero-order valence-electron chi connectivity index (χ0n) is 12.9. The molecule has 0 saturated heterocycles. The Morgan fingerprint density at radius 1 is 1.48 bits per heavy atom. The first-order valence-electron chi connectivity index (χ1n) is 6.73. The van der Waals surface area contributed by atoms with Crippen molar-refractivity contribution in [3.63, 3.8) is 0 Å². The average molecular weight is 315 g/mol. The van der Waals surface area contributed by atoms with E-state index in [0.717, 1.165) is 5.56 Å². The lowest BCUT2D eigenvalue weighted by atomic mass is 10.1. The molecule has 21 heavy (non-hydrogen) atoms. The first-order chi connectivity index (χ1) is 9.74. The molecule has 1 aromatic carbocycles. The van der Waals surface area contributed by atoms with E-state index in [2.05, 4.69) is 5.32 Å². The first-order valence-corrected chi connectivity index (χ1v) is 7.11. The van der Waals surface area contributed by atoms with E-state index in [4.69, 9.17) is 16.3 Å². The molecule has 2 amide bonds. The maximum Gasteiger partial charge on any atom is 0.317 e. The van der Waals surface area contributed by atoms with Gasteiger partial charge in [-0.25, -0.2) is 4.79 Å². The molecule has 6 heteroatoms. The van der Waals surface area contributed by atoms with E-state index in [0.29, 0.717) is 11.6 Å². The van der Waals surface area contributed by atoms with Crippen LogP contribution in [0.15, 0.2) is 24.3 Å². The molecule has 0 spiro atoms. The van der Waals surface area contributed by atoms with Gasteiger partial charge in [0.15, 0.2) is 0 Å². The van der Waals surface area contributed by atoms with Crippen LogP contribution in [-0.4, -0.2) is 48.9 Å². The van der Waals surface area contributed by atoms with E-state index in [9.17, 15) is 9.90 Å². The molecule has 0 aliphatic heterocycles. The van der Waals surface area contributed by atoms with Gasteiger partial charge in [0.25, 0.3) is 0 Å². The quantitative estimate of drug-likeness (QED) is 0.848. The van der Waals surface area contributed by atoms with Gasteiger partial charge in [0.1, 0.15) is 6.10 Å². The van der Waals surface area contributed by atoms with E-state index < -0.39 is 5.60 Å². The van der Waals surface area contributed by atoms with Gasteiger partial charge < -0.3 is 20.1 Å². The molecule has 0 aromatic heterocycles. The summed E-state index contributed by atoms with van der Waals surface area (Å²) in [6, 6.07) is 7.09. The van der Waals surface area contributed by atoms with Crippen molar-refractivity contribution in [2.45, 2.75) is 25.6 Å². The molecule has 1 atom stereocenters. The molecule has 1 rings (SSSR count). The summed E-state index contributed by atoms with van der Waals surface area (Å²) in [6.45, 7) is 3.84. The maximum atomic E-state index is 12.0. The topological polar surface area (TPSA) is 61.8 Å². The molecule has 1 unspecified atom stereocenters. The molecular formula is C15H23ClN2O3. The van der Waals surface area contributed by atoms with Crippen molar-refractivity contribution in [1.29, 1.82) is 0 Å². The number of urea groups is 1. The van der Waals surface area contributed by atoms with Crippen LogP contribution in [0.3, 0.4) is 0 Å². The third-order valence-corrected chi connectivity index (χ3v) is 3.29. The molecular weight excluding hydrogens is 292 g/mol. The van der Waals surface area contributed by atoms with Crippen LogP contribution < -0.4 is 5.32 Å². The van der Waals surface area contributed by atoms with Crippen molar-refractivity contribution >= 4 is 17.6 Å². The molecule has 1 aromatic rings. The first kappa shape index (κ1) is 17.8. The number of hydrogen-bond acceptors (Lipinski definition) is 3. The van der Waals surface area contributed by atoms with Gasteiger partial charge in [0.05, 0.1) is 12.1 Å². The highest BCUT2D eigenvalue weighted by Crippen LogP contribution is 2.24. The van der Waals surface area contributed by atoms with E-state index >= 15 is 0 Å². The number of hydrogen-bond donors (Lipinski definition) is 2. The van der Waals surface area contributed by atoms with Gasteiger partial charge >= 0.3 is 6.03 Å². The smallest absolute Gasteiger partial charge is 0.317 e. The lowest BCUT2D eigenvalue weighted by Gasteiger charge is -2.26. The number of rotatable bonds is 6. The Bertz CT molecular complexity index is 474. The minimum absolute atomic E-state index is 0.239. The number of amides is 2. The van der Waals surface area contributed by atoms with Crippen LogP contribution in [0.2, 0.25) is 5.02 Å². The molecule has 0 radical (unpaired) electrons. The zero-order chi connectivity index (χ0) is 16.0. The van der Waals surface area contributed by atoms with Crippen molar-refractivity contribution in [2.24, 2.45) is 0 Å². The summed E-state index contributed by atoms with van der Waals surface area (Å²) in [6.07, 6.45) is -0.321. The minimum Gasteiger partial charge on any atom is -0.389 e. The second kappa shape index (κ2) is 7.64. The molecule has 0 aliphatic rings. The van der Waals surface area contributed by atoms with Crippen LogP contribution in [0.4, 0.5) is 4.79 Å². The van der Waals surface area contributed by atoms with Crippen molar-refractivity contribution in [1.82, 2.24) is 10.2 Å². The Morgan fingerprint density at radius 2 is 2.10 bits per heavy atom. The Morgan fingerprint density at radius 3 is 2.62 bits per heavy atom. The number of nitrogens with zero attached hydrogens (tertiary/aromatic N) is 1. The van der Waals surface area contributed by atoms with Crippen LogP contribution in [0.5, 0.6) is 0 Å². The lowest BCUT2D eigenvalue weighted by molar-refractivity contribution is 0.0518. The summed E-state index contributed by atoms with van der Waals surface area (Å²) in [7, 11) is 3.20. The Labute approximate surface area is 130 Å². The molecule has 0 heterocycles. The van der Waals surface area contributed by atoms with E-state index in [1.807, 2.05) is 18.2 Å². The normalized spacial score (nSPS) is 12.9. The van der Waals surface area contributed by atoms with Crippen molar-refractivity contribution in [3.05, 3.63) is 34.9 Å².